The van der Waals surface area contributed by atoms with E-state index in [2.05, 4.69) is 9.97 Å². The fourth-order valence-corrected chi connectivity index (χ4v) is 3.60. The average Bonchev–Trinajstić information content (AvgIpc) is 3.18. The average molecular weight is 382 g/mol. The minimum absolute atomic E-state index is 0.0576. The number of hydrogen-bond acceptors (Lipinski definition) is 6. The maximum absolute atomic E-state index is 13.1. The molecule has 2 saturated heterocycles. The highest BCUT2D eigenvalue weighted by Gasteiger charge is 2.43. The van der Waals surface area contributed by atoms with Gasteiger partial charge in [-0.3, -0.25) is 19.6 Å². The molecule has 2 amide bonds. The van der Waals surface area contributed by atoms with Gasteiger partial charge >= 0.3 is 0 Å². The van der Waals surface area contributed by atoms with E-state index in [9.17, 15) is 9.59 Å². The van der Waals surface area contributed by atoms with Gasteiger partial charge in [-0.15, -0.1) is 0 Å². The van der Waals surface area contributed by atoms with E-state index in [4.69, 9.17) is 9.47 Å². The molecule has 2 aromatic rings. The Bertz CT molecular complexity index is 811. The second-order valence-electron chi connectivity index (χ2n) is 6.82. The van der Waals surface area contributed by atoms with Gasteiger partial charge in [-0.2, -0.15) is 0 Å². The molecule has 2 aliphatic rings. The second-order valence-corrected chi connectivity index (χ2v) is 6.82. The summed E-state index contributed by atoms with van der Waals surface area (Å²) in [4.78, 5) is 37.7. The summed E-state index contributed by atoms with van der Waals surface area (Å²) in [6, 6.07) is 6.47. The molecule has 2 aliphatic heterocycles. The van der Waals surface area contributed by atoms with E-state index in [0.29, 0.717) is 50.6 Å². The largest absolute Gasteiger partial charge is 0.487 e. The van der Waals surface area contributed by atoms with Crippen LogP contribution < -0.4 is 4.74 Å². The molecule has 0 bridgehead atoms. The van der Waals surface area contributed by atoms with Crippen molar-refractivity contribution in [2.75, 3.05) is 32.8 Å². The van der Waals surface area contributed by atoms with Crippen molar-refractivity contribution < 1.29 is 19.1 Å². The first kappa shape index (κ1) is 18.4. The van der Waals surface area contributed by atoms with E-state index < -0.39 is 6.04 Å². The van der Waals surface area contributed by atoms with Crippen molar-refractivity contribution >= 4 is 11.8 Å². The quantitative estimate of drug-likeness (QED) is 0.784. The molecule has 28 heavy (non-hydrogen) atoms. The van der Waals surface area contributed by atoms with Gasteiger partial charge in [0.1, 0.15) is 17.9 Å². The van der Waals surface area contributed by atoms with Gasteiger partial charge in [0.05, 0.1) is 31.5 Å². The number of rotatable bonds is 4. The predicted octanol–water partition coefficient (Wildman–Crippen LogP) is 0.998. The number of carbonyl (C=O) groups is 2. The lowest BCUT2D eigenvalue weighted by Gasteiger charge is -2.32. The van der Waals surface area contributed by atoms with Gasteiger partial charge in [0, 0.05) is 38.1 Å². The summed E-state index contributed by atoms with van der Waals surface area (Å²) in [5, 5.41) is 0. The number of ether oxygens (including phenoxy) is 2. The molecule has 0 radical (unpaired) electrons. The Morgan fingerprint density at radius 1 is 1.07 bits per heavy atom. The van der Waals surface area contributed by atoms with Gasteiger partial charge in [0.25, 0.3) is 5.91 Å². The molecular formula is C20H22N4O4. The van der Waals surface area contributed by atoms with Crippen LogP contribution in [0.1, 0.15) is 16.8 Å². The zero-order valence-corrected chi connectivity index (χ0v) is 15.4. The van der Waals surface area contributed by atoms with Crippen LogP contribution in [0.25, 0.3) is 0 Å². The Balaban J connectivity index is 1.54. The molecule has 4 rings (SSSR count). The molecule has 146 valence electrons. The number of likely N-dealkylation sites (tertiary alicyclic amines) is 1. The Morgan fingerprint density at radius 3 is 2.50 bits per heavy atom. The summed E-state index contributed by atoms with van der Waals surface area (Å²) in [5.41, 5.74) is 0.462. The standard InChI is InChI=1S/C20H22N4O4/c25-19(15-3-1-5-21-12-15)24-14-17(28-16-4-2-6-22-13-16)11-18(24)20(26)23-7-9-27-10-8-23/h1-6,12-13,17-18H,7-11,14H2/t17-,18-/m0/s1. The molecule has 0 spiro atoms. The van der Waals surface area contributed by atoms with Crippen LogP contribution in [0.3, 0.4) is 0 Å². The monoisotopic (exact) mass is 382 g/mol. The number of pyridine rings is 2. The van der Waals surface area contributed by atoms with Crippen LogP contribution >= 0.6 is 0 Å². The van der Waals surface area contributed by atoms with Crippen molar-refractivity contribution in [2.45, 2.75) is 18.6 Å². The highest BCUT2D eigenvalue weighted by molar-refractivity contribution is 5.97. The highest BCUT2D eigenvalue weighted by Crippen LogP contribution is 2.26. The Kier molecular flexibility index (Phi) is 5.48. The van der Waals surface area contributed by atoms with Gasteiger partial charge in [-0.05, 0) is 24.3 Å². The highest BCUT2D eigenvalue weighted by atomic mass is 16.5. The minimum Gasteiger partial charge on any atom is -0.487 e. The lowest BCUT2D eigenvalue weighted by Crippen LogP contribution is -2.51. The van der Waals surface area contributed by atoms with Crippen molar-refractivity contribution in [3.05, 3.63) is 54.6 Å². The topological polar surface area (TPSA) is 84.9 Å². The van der Waals surface area contributed by atoms with E-state index in [1.807, 2.05) is 6.07 Å². The number of amides is 2. The summed E-state index contributed by atoms with van der Waals surface area (Å²) < 4.78 is 11.3. The van der Waals surface area contributed by atoms with Crippen molar-refractivity contribution in [1.29, 1.82) is 0 Å². The lowest BCUT2D eigenvalue weighted by molar-refractivity contribution is -0.139. The molecule has 0 unspecified atom stereocenters. The predicted molar refractivity (Wildman–Crippen MR) is 99.7 cm³/mol. The smallest absolute Gasteiger partial charge is 0.256 e. The third-order valence-corrected chi connectivity index (χ3v) is 4.98. The number of aromatic nitrogens is 2. The fourth-order valence-electron chi connectivity index (χ4n) is 3.60. The first-order valence-electron chi connectivity index (χ1n) is 9.36. The second kappa shape index (κ2) is 8.35. The van der Waals surface area contributed by atoms with Crippen molar-refractivity contribution in [2.24, 2.45) is 0 Å². The van der Waals surface area contributed by atoms with Crippen LogP contribution in [-0.4, -0.2) is 76.6 Å². The van der Waals surface area contributed by atoms with Gasteiger partial charge in [-0.25, -0.2) is 0 Å². The Morgan fingerprint density at radius 2 is 1.82 bits per heavy atom. The third-order valence-electron chi connectivity index (χ3n) is 4.98. The third kappa shape index (κ3) is 3.96. The molecule has 0 N–H and O–H groups in total. The van der Waals surface area contributed by atoms with Crippen LogP contribution in [0.15, 0.2) is 49.1 Å². The summed E-state index contributed by atoms with van der Waals surface area (Å²) in [5.74, 6) is 0.357. The Labute approximate surface area is 163 Å². The van der Waals surface area contributed by atoms with Crippen molar-refractivity contribution in [3.8, 4) is 5.75 Å². The molecular weight excluding hydrogens is 360 g/mol. The number of hydrogen-bond donors (Lipinski definition) is 0. The van der Waals surface area contributed by atoms with Gasteiger partial charge < -0.3 is 19.3 Å². The van der Waals surface area contributed by atoms with E-state index in [1.165, 1.54) is 6.20 Å². The first-order chi connectivity index (χ1) is 13.7. The van der Waals surface area contributed by atoms with E-state index in [-0.39, 0.29) is 17.9 Å². The number of nitrogens with zero attached hydrogens (tertiary/aromatic N) is 4. The minimum atomic E-state index is -0.563. The van der Waals surface area contributed by atoms with Crippen LogP contribution in [-0.2, 0) is 9.53 Å². The zero-order valence-electron chi connectivity index (χ0n) is 15.4. The molecule has 8 nitrogen and oxygen atoms in total. The van der Waals surface area contributed by atoms with Gasteiger partial charge in [-0.1, -0.05) is 0 Å². The van der Waals surface area contributed by atoms with Crippen molar-refractivity contribution in [3.63, 3.8) is 0 Å². The molecule has 2 fully saturated rings. The van der Waals surface area contributed by atoms with E-state index in [0.717, 1.165) is 0 Å². The Hall–Kier alpha value is -3.00. The van der Waals surface area contributed by atoms with Crippen LogP contribution in [0.2, 0.25) is 0 Å². The molecule has 2 aromatic heterocycles. The molecule has 8 heteroatoms. The molecule has 4 heterocycles. The van der Waals surface area contributed by atoms with Gasteiger partial charge in [0.2, 0.25) is 5.91 Å². The van der Waals surface area contributed by atoms with E-state index in [1.54, 1.807) is 46.6 Å². The molecule has 0 saturated carbocycles. The lowest BCUT2D eigenvalue weighted by atomic mass is 10.1. The molecule has 0 aromatic carbocycles. The first-order valence-corrected chi connectivity index (χ1v) is 9.36. The fraction of sp³-hybridized carbons (Fsp3) is 0.400. The van der Waals surface area contributed by atoms with Crippen molar-refractivity contribution in [1.82, 2.24) is 19.8 Å². The van der Waals surface area contributed by atoms with Gasteiger partial charge in [0.15, 0.2) is 0 Å². The summed E-state index contributed by atoms with van der Waals surface area (Å²) >= 11 is 0. The summed E-state index contributed by atoms with van der Waals surface area (Å²) in [7, 11) is 0. The van der Waals surface area contributed by atoms with Crippen LogP contribution in [0.4, 0.5) is 0 Å². The van der Waals surface area contributed by atoms with E-state index >= 15 is 0 Å². The van der Waals surface area contributed by atoms with Crippen LogP contribution in [0, 0.1) is 0 Å². The summed E-state index contributed by atoms with van der Waals surface area (Å²) in [6.07, 6.45) is 6.60. The number of morpholine rings is 1. The maximum Gasteiger partial charge on any atom is 0.256 e. The number of carbonyl (C=O) groups excluding carboxylic acids is 2. The summed E-state index contributed by atoms with van der Waals surface area (Å²) in [6.45, 7) is 2.45. The van der Waals surface area contributed by atoms with Crippen LogP contribution in [0.5, 0.6) is 5.75 Å². The zero-order chi connectivity index (χ0) is 19.3. The SMILES string of the molecule is O=C([C@@H]1C[C@H](Oc2cccnc2)CN1C(=O)c1cccnc1)N1CCOCC1. The normalized spacial score (nSPS) is 22.1. The molecule has 2 atom stereocenters. The maximum atomic E-state index is 13.1. The molecule has 0 aliphatic carbocycles.